The first-order valence-electron chi connectivity index (χ1n) is 6.50. The highest BCUT2D eigenvalue weighted by molar-refractivity contribution is 5.98. The van der Waals surface area contributed by atoms with Crippen molar-refractivity contribution in [2.24, 2.45) is 0 Å². The van der Waals surface area contributed by atoms with E-state index in [1.807, 2.05) is 6.92 Å². The van der Waals surface area contributed by atoms with E-state index < -0.39 is 4.92 Å². The van der Waals surface area contributed by atoms with Crippen LogP contribution < -0.4 is 5.32 Å². The van der Waals surface area contributed by atoms with Crippen molar-refractivity contribution in [1.82, 2.24) is 5.32 Å². The average molecular weight is 280 g/mol. The van der Waals surface area contributed by atoms with Crippen molar-refractivity contribution in [3.63, 3.8) is 0 Å². The number of carbonyl (C=O) groups is 1. The van der Waals surface area contributed by atoms with Gasteiger partial charge in [-0.2, -0.15) is 0 Å². The zero-order valence-corrected chi connectivity index (χ0v) is 12.2. The maximum Gasteiger partial charge on any atom is 0.275 e. The maximum atomic E-state index is 12.3. The molecule has 0 saturated heterocycles. The molecule has 0 aliphatic carbocycles. The van der Waals surface area contributed by atoms with Crippen LogP contribution in [0.1, 0.15) is 40.4 Å². The number of carbonyl (C=O) groups excluding carboxylic acids is 1. The second-order valence-electron chi connectivity index (χ2n) is 4.88. The van der Waals surface area contributed by atoms with Crippen LogP contribution in [0.15, 0.2) is 6.07 Å². The molecule has 0 aliphatic rings. The fraction of sp³-hybridized carbons (Fsp3) is 0.500. The van der Waals surface area contributed by atoms with Gasteiger partial charge in [0.15, 0.2) is 0 Å². The molecule has 0 aliphatic heterocycles. The minimum atomic E-state index is -0.468. The summed E-state index contributed by atoms with van der Waals surface area (Å²) in [5.74, 6) is -0.385. The Morgan fingerprint density at radius 3 is 2.45 bits per heavy atom. The maximum absolute atomic E-state index is 12.3. The van der Waals surface area contributed by atoms with E-state index in [9.17, 15) is 14.9 Å². The van der Waals surface area contributed by atoms with E-state index in [0.29, 0.717) is 28.7 Å². The van der Waals surface area contributed by atoms with Gasteiger partial charge in [-0.05, 0) is 38.8 Å². The van der Waals surface area contributed by atoms with Gasteiger partial charge < -0.3 is 10.4 Å². The quantitative estimate of drug-likeness (QED) is 0.637. The molecule has 0 saturated carbocycles. The number of rotatable bonds is 5. The number of aliphatic hydroxyl groups excluding tert-OH is 1. The van der Waals surface area contributed by atoms with Gasteiger partial charge in [0.25, 0.3) is 11.6 Å². The Bertz CT molecular complexity index is 536. The molecule has 20 heavy (non-hydrogen) atoms. The summed E-state index contributed by atoms with van der Waals surface area (Å²) in [6, 6.07) is 1.29. The molecule has 1 aromatic rings. The summed E-state index contributed by atoms with van der Waals surface area (Å²) in [7, 11) is 0. The number of aryl methyl sites for hydroxylation is 2. The number of amides is 1. The van der Waals surface area contributed by atoms with E-state index >= 15 is 0 Å². The average Bonchev–Trinajstić information content (AvgIpc) is 2.34. The predicted octanol–water partition coefficient (Wildman–Crippen LogP) is 2.02. The van der Waals surface area contributed by atoms with E-state index in [1.54, 1.807) is 26.8 Å². The number of hydrogen-bond acceptors (Lipinski definition) is 4. The van der Waals surface area contributed by atoms with Gasteiger partial charge in [-0.3, -0.25) is 14.9 Å². The van der Waals surface area contributed by atoms with Gasteiger partial charge >= 0.3 is 0 Å². The third-order valence-corrected chi connectivity index (χ3v) is 3.39. The van der Waals surface area contributed by atoms with Crippen molar-refractivity contribution in [3.05, 3.63) is 38.4 Å². The molecule has 1 amide bonds. The van der Waals surface area contributed by atoms with Crippen LogP contribution in [0, 0.1) is 30.9 Å². The van der Waals surface area contributed by atoms with Gasteiger partial charge in [-0.25, -0.2) is 0 Å². The lowest BCUT2D eigenvalue weighted by Gasteiger charge is -2.17. The molecule has 0 radical (unpaired) electrons. The Balaban J connectivity index is 3.28. The molecule has 1 rings (SSSR count). The van der Waals surface area contributed by atoms with Gasteiger partial charge in [-0.1, -0.05) is 6.92 Å². The Labute approximate surface area is 118 Å². The lowest BCUT2D eigenvalue weighted by Crippen LogP contribution is -2.37. The molecule has 0 bridgehead atoms. The van der Waals surface area contributed by atoms with Crippen LogP contribution in [0.3, 0.4) is 0 Å². The molecule has 2 N–H and O–H groups in total. The van der Waals surface area contributed by atoms with Crippen LogP contribution in [0.2, 0.25) is 0 Å². The summed E-state index contributed by atoms with van der Waals surface area (Å²) >= 11 is 0. The van der Waals surface area contributed by atoms with Crippen LogP contribution in [0.25, 0.3) is 0 Å². The van der Waals surface area contributed by atoms with Crippen molar-refractivity contribution in [1.29, 1.82) is 0 Å². The zero-order valence-electron chi connectivity index (χ0n) is 12.2. The summed E-state index contributed by atoms with van der Waals surface area (Å²) in [6.45, 7) is 6.67. The Hall–Kier alpha value is -1.95. The SMILES string of the molecule is CCC(CO)NC(=O)c1c(C)cc(C)c([N+](=O)[O-])c1C. The molecule has 110 valence electrons. The summed E-state index contributed by atoms with van der Waals surface area (Å²) in [6.07, 6.45) is 0.592. The smallest absolute Gasteiger partial charge is 0.275 e. The Morgan fingerprint density at radius 1 is 1.40 bits per heavy atom. The summed E-state index contributed by atoms with van der Waals surface area (Å²) in [5, 5.41) is 22.9. The predicted molar refractivity (Wildman–Crippen MR) is 75.9 cm³/mol. The standard InChI is InChI=1S/C14H20N2O4/c1-5-11(7-17)15-14(18)12-8(2)6-9(3)13(10(12)4)16(19)20/h6,11,17H,5,7H2,1-4H3,(H,15,18). The molecule has 6 heteroatoms. The monoisotopic (exact) mass is 280 g/mol. The van der Waals surface area contributed by atoms with Gasteiger partial charge in [-0.15, -0.1) is 0 Å². The number of benzene rings is 1. The number of nitro groups is 1. The number of nitrogens with zero attached hydrogens (tertiary/aromatic N) is 1. The third-order valence-electron chi connectivity index (χ3n) is 3.39. The van der Waals surface area contributed by atoms with Crippen LogP contribution >= 0.6 is 0 Å². The molecule has 1 unspecified atom stereocenters. The highest BCUT2D eigenvalue weighted by Crippen LogP contribution is 2.28. The summed E-state index contributed by atoms with van der Waals surface area (Å²) < 4.78 is 0. The minimum absolute atomic E-state index is 0.0298. The van der Waals surface area contributed by atoms with Gasteiger partial charge in [0.1, 0.15) is 0 Å². The van der Waals surface area contributed by atoms with Crippen LogP contribution in [0.4, 0.5) is 5.69 Å². The number of nitrogens with one attached hydrogen (secondary N) is 1. The highest BCUT2D eigenvalue weighted by Gasteiger charge is 2.24. The summed E-state index contributed by atoms with van der Waals surface area (Å²) in [4.78, 5) is 22.9. The highest BCUT2D eigenvalue weighted by atomic mass is 16.6. The summed E-state index contributed by atoms with van der Waals surface area (Å²) in [5.41, 5.74) is 1.87. The molecule has 0 spiro atoms. The van der Waals surface area contributed by atoms with Crippen LogP contribution in [-0.4, -0.2) is 28.6 Å². The zero-order chi connectivity index (χ0) is 15.4. The normalized spacial score (nSPS) is 12.1. The van der Waals surface area contributed by atoms with Crippen molar-refractivity contribution in [2.45, 2.75) is 40.2 Å². The second-order valence-corrected chi connectivity index (χ2v) is 4.88. The Kier molecular flexibility index (Phi) is 5.21. The van der Waals surface area contributed by atoms with Crippen LogP contribution in [0.5, 0.6) is 0 Å². The molecule has 6 nitrogen and oxygen atoms in total. The fourth-order valence-corrected chi connectivity index (χ4v) is 2.34. The van der Waals surface area contributed by atoms with Gasteiger partial charge in [0.05, 0.1) is 23.1 Å². The number of aliphatic hydroxyl groups is 1. The first-order chi connectivity index (χ1) is 9.33. The fourth-order valence-electron chi connectivity index (χ4n) is 2.34. The molecule has 0 heterocycles. The Morgan fingerprint density at radius 2 is 2.00 bits per heavy atom. The van der Waals surface area contributed by atoms with E-state index in [2.05, 4.69) is 5.32 Å². The molecule has 1 aromatic carbocycles. The molecular formula is C14H20N2O4. The van der Waals surface area contributed by atoms with Crippen molar-refractivity contribution < 1.29 is 14.8 Å². The van der Waals surface area contributed by atoms with E-state index in [4.69, 9.17) is 5.11 Å². The van der Waals surface area contributed by atoms with E-state index in [0.717, 1.165) is 0 Å². The topological polar surface area (TPSA) is 92.5 Å². The van der Waals surface area contributed by atoms with Gasteiger partial charge in [0.2, 0.25) is 0 Å². The van der Waals surface area contributed by atoms with E-state index in [-0.39, 0.29) is 24.2 Å². The minimum Gasteiger partial charge on any atom is -0.394 e. The lowest BCUT2D eigenvalue weighted by molar-refractivity contribution is -0.386. The molecule has 0 fully saturated rings. The van der Waals surface area contributed by atoms with Crippen molar-refractivity contribution in [3.8, 4) is 0 Å². The van der Waals surface area contributed by atoms with Crippen molar-refractivity contribution >= 4 is 11.6 Å². The number of nitro benzene ring substituents is 1. The second kappa shape index (κ2) is 6.47. The number of hydrogen-bond donors (Lipinski definition) is 2. The largest absolute Gasteiger partial charge is 0.394 e. The first kappa shape index (κ1) is 16.1. The van der Waals surface area contributed by atoms with Gasteiger partial charge in [0, 0.05) is 11.1 Å². The lowest BCUT2D eigenvalue weighted by atomic mass is 9.96. The molecular weight excluding hydrogens is 260 g/mol. The third kappa shape index (κ3) is 3.14. The molecule has 1 atom stereocenters. The first-order valence-corrected chi connectivity index (χ1v) is 6.50. The van der Waals surface area contributed by atoms with E-state index in [1.165, 1.54) is 0 Å². The van der Waals surface area contributed by atoms with Crippen LogP contribution in [-0.2, 0) is 0 Å². The van der Waals surface area contributed by atoms with Crippen molar-refractivity contribution in [2.75, 3.05) is 6.61 Å². The molecule has 0 aromatic heterocycles.